The summed E-state index contributed by atoms with van der Waals surface area (Å²) in [4.78, 5) is 30.6. The SMILES string of the molecule is COc1cc2c3c(nc(O[C@@H]4C[C@@H](C(=O)O)N(C(=O)OC(C)(C)C)C4)c2cc1Br)CCCC3. The van der Waals surface area contributed by atoms with E-state index in [9.17, 15) is 14.7 Å². The Morgan fingerprint density at radius 1 is 1.18 bits per heavy atom. The fraction of sp³-hybridized carbons (Fsp3) is 0.542. The highest BCUT2D eigenvalue weighted by molar-refractivity contribution is 9.10. The number of amides is 1. The van der Waals surface area contributed by atoms with Gasteiger partial charge in [-0.2, -0.15) is 0 Å². The third kappa shape index (κ3) is 4.88. The van der Waals surface area contributed by atoms with E-state index in [2.05, 4.69) is 15.9 Å². The topological polar surface area (TPSA) is 98.2 Å². The number of hydrogen-bond donors (Lipinski definition) is 1. The first-order valence-electron chi connectivity index (χ1n) is 11.2. The number of fused-ring (bicyclic) bond motifs is 3. The summed E-state index contributed by atoms with van der Waals surface area (Å²) in [7, 11) is 1.63. The number of hydrogen-bond acceptors (Lipinski definition) is 6. The largest absolute Gasteiger partial charge is 0.496 e. The van der Waals surface area contributed by atoms with Gasteiger partial charge in [-0.15, -0.1) is 0 Å². The zero-order chi connectivity index (χ0) is 23.9. The van der Waals surface area contributed by atoms with E-state index < -0.39 is 29.8 Å². The summed E-state index contributed by atoms with van der Waals surface area (Å²) in [6.45, 7) is 5.36. The zero-order valence-electron chi connectivity index (χ0n) is 19.3. The highest BCUT2D eigenvalue weighted by atomic mass is 79.9. The van der Waals surface area contributed by atoms with Gasteiger partial charge in [0.1, 0.15) is 23.5 Å². The van der Waals surface area contributed by atoms with Gasteiger partial charge in [0.15, 0.2) is 0 Å². The van der Waals surface area contributed by atoms with Crippen LogP contribution in [0.4, 0.5) is 4.79 Å². The van der Waals surface area contributed by atoms with Crippen molar-refractivity contribution in [3.63, 3.8) is 0 Å². The van der Waals surface area contributed by atoms with Crippen molar-refractivity contribution in [3.8, 4) is 11.6 Å². The van der Waals surface area contributed by atoms with E-state index >= 15 is 0 Å². The number of methoxy groups -OCH3 is 1. The smallest absolute Gasteiger partial charge is 0.411 e. The second-order valence-electron chi connectivity index (χ2n) is 9.54. The highest BCUT2D eigenvalue weighted by Gasteiger charge is 2.43. The van der Waals surface area contributed by atoms with E-state index in [0.29, 0.717) is 5.88 Å². The highest BCUT2D eigenvalue weighted by Crippen LogP contribution is 2.39. The third-order valence-corrected chi connectivity index (χ3v) is 6.60. The number of likely N-dealkylation sites (tertiary alicyclic amines) is 1. The van der Waals surface area contributed by atoms with Crippen LogP contribution in [0.15, 0.2) is 16.6 Å². The Hall–Kier alpha value is -2.55. The van der Waals surface area contributed by atoms with E-state index in [4.69, 9.17) is 19.2 Å². The molecule has 2 heterocycles. The molecular weight excluding hydrogens is 492 g/mol. The summed E-state index contributed by atoms with van der Waals surface area (Å²) in [5.41, 5.74) is 1.49. The number of halogens is 1. The number of aliphatic carboxylic acids is 1. The van der Waals surface area contributed by atoms with E-state index in [1.54, 1.807) is 27.9 Å². The molecule has 8 nitrogen and oxygen atoms in total. The summed E-state index contributed by atoms with van der Waals surface area (Å²) in [5.74, 6) is 0.104. The van der Waals surface area contributed by atoms with Gasteiger partial charge in [-0.3, -0.25) is 4.90 Å². The number of pyridine rings is 1. The summed E-state index contributed by atoms with van der Waals surface area (Å²) < 4.78 is 18.0. The lowest BCUT2D eigenvalue weighted by molar-refractivity contribution is -0.142. The first-order valence-corrected chi connectivity index (χ1v) is 11.9. The first kappa shape index (κ1) is 23.6. The van der Waals surface area contributed by atoms with Gasteiger partial charge in [-0.25, -0.2) is 14.6 Å². The summed E-state index contributed by atoms with van der Waals surface area (Å²) in [6, 6.07) is 2.92. The molecular formula is C24H29BrN2O6. The number of carbonyl (C=O) groups is 2. The number of aryl methyl sites for hydroxylation is 2. The van der Waals surface area contributed by atoms with Gasteiger partial charge >= 0.3 is 12.1 Å². The van der Waals surface area contributed by atoms with Gasteiger partial charge < -0.3 is 19.3 Å². The number of carbonyl (C=O) groups excluding carboxylic acids is 1. The van der Waals surface area contributed by atoms with Crippen molar-refractivity contribution in [1.29, 1.82) is 0 Å². The molecule has 9 heteroatoms. The van der Waals surface area contributed by atoms with Crippen LogP contribution in [-0.2, 0) is 22.4 Å². The van der Waals surface area contributed by atoms with Gasteiger partial charge in [-0.1, -0.05) is 0 Å². The molecule has 0 unspecified atom stereocenters. The Balaban J connectivity index is 1.68. The van der Waals surface area contributed by atoms with Gasteiger partial charge in [0.05, 0.1) is 18.1 Å². The number of ether oxygens (including phenoxy) is 3. The lowest BCUT2D eigenvalue weighted by Gasteiger charge is -2.26. The second-order valence-corrected chi connectivity index (χ2v) is 10.4. The molecule has 1 fully saturated rings. The maximum atomic E-state index is 12.6. The molecule has 1 saturated heterocycles. The number of carboxylic acid groups (broad SMARTS) is 1. The number of aromatic nitrogens is 1. The van der Waals surface area contributed by atoms with Crippen LogP contribution in [0.1, 0.15) is 51.3 Å². The number of carboxylic acids is 1. The van der Waals surface area contributed by atoms with Crippen LogP contribution in [0.25, 0.3) is 10.8 Å². The summed E-state index contributed by atoms with van der Waals surface area (Å²) in [6.07, 6.45) is 2.97. The van der Waals surface area contributed by atoms with E-state index in [-0.39, 0.29) is 13.0 Å². The molecule has 0 bridgehead atoms. The standard InChI is InChI=1S/C24H29BrN2O6/c1-24(2,3)33-23(30)27-12-13(9-19(27)22(28)29)32-21-16-10-17(25)20(31-4)11-15(16)14-7-5-6-8-18(14)26-21/h10-11,13,19H,5-9,12H2,1-4H3,(H,28,29)/t13-,19+/m1/s1. The Bertz CT molecular complexity index is 1100. The lowest BCUT2D eigenvalue weighted by Crippen LogP contribution is -2.43. The van der Waals surface area contributed by atoms with Crippen LogP contribution >= 0.6 is 15.9 Å². The molecule has 2 aromatic rings. The molecule has 0 radical (unpaired) electrons. The van der Waals surface area contributed by atoms with E-state index in [1.165, 1.54) is 10.5 Å². The zero-order valence-corrected chi connectivity index (χ0v) is 20.9. The minimum atomic E-state index is -1.08. The van der Waals surface area contributed by atoms with E-state index in [0.717, 1.165) is 52.4 Å². The molecule has 2 aliphatic rings. The predicted octanol–water partition coefficient (Wildman–Crippen LogP) is 4.73. The van der Waals surface area contributed by atoms with Crippen LogP contribution in [0.5, 0.6) is 11.6 Å². The lowest BCUT2D eigenvalue weighted by atomic mass is 9.91. The molecule has 1 N–H and O–H groups in total. The van der Waals surface area contributed by atoms with Crippen LogP contribution < -0.4 is 9.47 Å². The van der Waals surface area contributed by atoms with Crippen molar-refractivity contribution >= 4 is 38.8 Å². The predicted molar refractivity (Wildman–Crippen MR) is 126 cm³/mol. The van der Waals surface area contributed by atoms with Crippen molar-refractivity contribution in [1.82, 2.24) is 9.88 Å². The Morgan fingerprint density at radius 2 is 1.91 bits per heavy atom. The number of nitrogens with zero attached hydrogens (tertiary/aromatic N) is 2. The molecule has 4 rings (SSSR count). The maximum Gasteiger partial charge on any atom is 0.411 e. The van der Waals surface area contributed by atoms with Crippen LogP contribution in [0.2, 0.25) is 0 Å². The Labute approximate surface area is 201 Å². The molecule has 178 valence electrons. The molecule has 33 heavy (non-hydrogen) atoms. The van der Waals surface area contributed by atoms with Crippen molar-refractivity contribution < 1.29 is 28.9 Å². The van der Waals surface area contributed by atoms with Gasteiger partial charge in [-0.05, 0) is 85.5 Å². The molecule has 1 aliphatic carbocycles. The van der Waals surface area contributed by atoms with Crippen molar-refractivity contribution in [2.45, 2.75) is 70.6 Å². The minimum Gasteiger partial charge on any atom is -0.496 e. The summed E-state index contributed by atoms with van der Waals surface area (Å²) >= 11 is 3.55. The second kappa shape index (κ2) is 9.00. The van der Waals surface area contributed by atoms with Gasteiger partial charge in [0.25, 0.3) is 0 Å². The fourth-order valence-electron chi connectivity index (χ4n) is 4.51. The van der Waals surface area contributed by atoms with Gasteiger partial charge in [0.2, 0.25) is 5.88 Å². The maximum absolute atomic E-state index is 12.6. The number of rotatable bonds is 4. The number of benzene rings is 1. The van der Waals surface area contributed by atoms with Crippen LogP contribution in [0.3, 0.4) is 0 Å². The molecule has 2 atom stereocenters. The third-order valence-electron chi connectivity index (χ3n) is 5.98. The van der Waals surface area contributed by atoms with E-state index in [1.807, 2.05) is 12.1 Å². The first-order chi connectivity index (χ1) is 15.6. The Morgan fingerprint density at radius 3 is 2.58 bits per heavy atom. The molecule has 0 saturated carbocycles. The van der Waals surface area contributed by atoms with Crippen molar-refractivity contribution in [2.24, 2.45) is 0 Å². The molecule has 1 amide bonds. The van der Waals surface area contributed by atoms with Crippen molar-refractivity contribution in [2.75, 3.05) is 13.7 Å². The molecule has 1 aromatic heterocycles. The van der Waals surface area contributed by atoms with Crippen molar-refractivity contribution in [3.05, 3.63) is 27.9 Å². The monoisotopic (exact) mass is 520 g/mol. The Kier molecular flexibility index (Phi) is 6.44. The molecule has 1 aliphatic heterocycles. The average molecular weight is 521 g/mol. The fourth-order valence-corrected chi connectivity index (χ4v) is 5.01. The van der Waals surface area contributed by atoms with Crippen LogP contribution in [0, 0.1) is 0 Å². The van der Waals surface area contributed by atoms with Crippen LogP contribution in [-0.4, -0.2) is 58.5 Å². The summed E-state index contributed by atoms with van der Waals surface area (Å²) in [5, 5.41) is 11.6. The molecule has 0 spiro atoms. The normalized spacial score (nSPS) is 20.5. The minimum absolute atomic E-state index is 0.115. The molecule has 1 aromatic carbocycles. The van der Waals surface area contributed by atoms with Gasteiger partial charge in [0, 0.05) is 17.5 Å². The average Bonchev–Trinajstić information content (AvgIpc) is 3.17. The quantitative estimate of drug-likeness (QED) is 0.622.